The summed E-state index contributed by atoms with van der Waals surface area (Å²) in [5.74, 6) is 0.112. The first-order chi connectivity index (χ1) is 11.3. The molecule has 1 saturated heterocycles. The van der Waals surface area contributed by atoms with Gasteiger partial charge >= 0.3 is 0 Å². The van der Waals surface area contributed by atoms with Crippen molar-refractivity contribution in [1.82, 2.24) is 5.32 Å². The Morgan fingerprint density at radius 1 is 0.957 bits per heavy atom. The van der Waals surface area contributed by atoms with Gasteiger partial charge < -0.3 is 15.5 Å². The van der Waals surface area contributed by atoms with Gasteiger partial charge in [-0.3, -0.25) is 4.79 Å². The molecule has 0 radical (unpaired) electrons. The zero-order valence-corrected chi connectivity index (χ0v) is 14.0. The molecule has 0 aromatic heterocycles. The molecule has 0 unspecified atom stereocenters. The summed E-state index contributed by atoms with van der Waals surface area (Å²) in [6.45, 7) is 2.69. The molecule has 3 rings (SSSR count). The number of hydrogen-bond acceptors (Lipinski definition) is 3. The minimum Gasteiger partial charge on any atom is -0.376 e. The van der Waals surface area contributed by atoms with Crippen LogP contribution in [0.1, 0.15) is 51.4 Å². The van der Waals surface area contributed by atoms with Crippen LogP contribution < -0.4 is 15.5 Å². The smallest absolute Gasteiger partial charge is 0.239 e. The van der Waals surface area contributed by atoms with Gasteiger partial charge in [0.15, 0.2) is 0 Å². The van der Waals surface area contributed by atoms with Crippen molar-refractivity contribution in [2.45, 2.75) is 57.4 Å². The minimum atomic E-state index is 0.112. The van der Waals surface area contributed by atoms with Gasteiger partial charge in [-0.15, -0.1) is 0 Å². The summed E-state index contributed by atoms with van der Waals surface area (Å²) in [5.41, 5.74) is 2.31. The molecule has 1 aromatic rings. The van der Waals surface area contributed by atoms with E-state index in [1.807, 2.05) is 0 Å². The van der Waals surface area contributed by atoms with Crippen LogP contribution in [0.4, 0.5) is 11.4 Å². The Bertz CT molecular complexity index is 486. The van der Waals surface area contributed by atoms with Gasteiger partial charge in [0.1, 0.15) is 0 Å². The number of rotatable bonds is 5. The fraction of sp³-hybridized carbons (Fsp3) is 0.632. The average Bonchev–Trinajstić information content (AvgIpc) is 2.99. The standard InChI is InChI=1S/C19H29N3O/c23-19(21-17-7-3-1-2-4-8-17)15-20-16-9-11-18(12-10-16)22-13-5-6-14-22/h9-12,17,20H,1-8,13-15H2,(H,21,23). The topological polar surface area (TPSA) is 44.4 Å². The second-order valence-electron chi connectivity index (χ2n) is 6.85. The van der Waals surface area contributed by atoms with Gasteiger partial charge in [-0.05, 0) is 49.9 Å². The molecule has 0 atom stereocenters. The zero-order valence-electron chi connectivity index (χ0n) is 14.0. The summed E-state index contributed by atoms with van der Waals surface area (Å²) in [6, 6.07) is 8.83. The van der Waals surface area contributed by atoms with Crippen LogP contribution in [0.25, 0.3) is 0 Å². The molecule has 1 aliphatic heterocycles. The monoisotopic (exact) mass is 315 g/mol. The molecule has 1 aromatic carbocycles. The van der Waals surface area contributed by atoms with E-state index in [4.69, 9.17) is 0 Å². The SMILES string of the molecule is O=C(CNc1ccc(N2CCCC2)cc1)NC1CCCCCC1. The fourth-order valence-corrected chi connectivity index (χ4v) is 3.65. The lowest BCUT2D eigenvalue weighted by Gasteiger charge is -2.18. The van der Waals surface area contributed by atoms with Crippen LogP contribution in [0.15, 0.2) is 24.3 Å². The molecule has 23 heavy (non-hydrogen) atoms. The van der Waals surface area contributed by atoms with Crippen molar-refractivity contribution < 1.29 is 4.79 Å². The summed E-state index contributed by atoms with van der Waals surface area (Å²) >= 11 is 0. The van der Waals surface area contributed by atoms with Crippen LogP contribution in [0.2, 0.25) is 0 Å². The highest BCUT2D eigenvalue weighted by Crippen LogP contribution is 2.22. The lowest BCUT2D eigenvalue weighted by Crippen LogP contribution is -2.38. The first kappa shape index (κ1) is 16.2. The first-order valence-electron chi connectivity index (χ1n) is 9.19. The van der Waals surface area contributed by atoms with Crippen molar-refractivity contribution in [1.29, 1.82) is 0 Å². The summed E-state index contributed by atoms with van der Waals surface area (Å²) in [5, 5.41) is 6.41. The number of carbonyl (C=O) groups excluding carboxylic acids is 1. The van der Waals surface area contributed by atoms with E-state index in [1.54, 1.807) is 0 Å². The molecule has 2 N–H and O–H groups in total. The van der Waals surface area contributed by atoms with E-state index in [0.717, 1.165) is 31.6 Å². The molecular weight excluding hydrogens is 286 g/mol. The summed E-state index contributed by atoms with van der Waals surface area (Å²) in [4.78, 5) is 14.5. The third-order valence-corrected chi connectivity index (χ3v) is 5.01. The van der Waals surface area contributed by atoms with Crippen LogP contribution in [0, 0.1) is 0 Å². The van der Waals surface area contributed by atoms with Gasteiger partial charge in [-0.2, -0.15) is 0 Å². The van der Waals surface area contributed by atoms with Crippen LogP contribution in [0.3, 0.4) is 0 Å². The molecule has 4 heteroatoms. The van der Waals surface area contributed by atoms with Gasteiger partial charge in [0.2, 0.25) is 5.91 Å². The molecule has 0 bridgehead atoms. The quantitative estimate of drug-likeness (QED) is 0.817. The first-order valence-corrected chi connectivity index (χ1v) is 9.19. The van der Waals surface area contributed by atoms with E-state index >= 15 is 0 Å². The summed E-state index contributed by atoms with van der Waals surface area (Å²) in [6.07, 6.45) is 9.98. The van der Waals surface area contributed by atoms with Crippen molar-refractivity contribution in [2.24, 2.45) is 0 Å². The Labute approximate surface area is 139 Å². The predicted octanol–water partition coefficient (Wildman–Crippen LogP) is 3.54. The molecule has 2 fully saturated rings. The molecule has 1 aliphatic carbocycles. The van der Waals surface area contributed by atoms with E-state index < -0.39 is 0 Å². The zero-order chi connectivity index (χ0) is 15.9. The molecule has 1 amide bonds. The Balaban J connectivity index is 1.43. The number of carbonyl (C=O) groups is 1. The minimum absolute atomic E-state index is 0.112. The number of amides is 1. The third kappa shape index (κ3) is 4.88. The van der Waals surface area contributed by atoms with Crippen LogP contribution in [-0.2, 0) is 4.79 Å². The van der Waals surface area contributed by atoms with E-state index in [0.29, 0.717) is 12.6 Å². The van der Waals surface area contributed by atoms with Gasteiger partial charge in [-0.1, -0.05) is 25.7 Å². The van der Waals surface area contributed by atoms with E-state index in [1.165, 1.54) is 44.2 Å². The second kappa shape index (κ2) is 8.23. The fourth-order valence-electron chi connectivity index (χ4n) is 3.65. The van der Waals surface area contributed by atoms with E-state index in [2.05, 4.69) is 39.8 Å². The van der Waals surface area contributed by atoms with Crippen molar-refractivity contribution in [3.8, 4) is 0 Å². The summed E-state index contributed by atoms with van der Waals surface area (Å²) < 4.78 is 0. The molecule has 1 heterocycles. The normalized spacial score (nSPS) is 19.4. The Hall–Kier alpha value is -1.71. The van der Waals surface area contributed by atoms with Gasteiger partial charge in [0.25, 0.3) is 0 Å². The summed E-state index contributed by atoms with van der Waals surface area (Å²) in [7, 11) is 0. The molecule has 1 saturated carbocycles. The predicted molar refractivity (Wildman–Crippen MR) is 96.0 cm³/mol. The van der Waals surface area contributed by atoms with Crippen molar-refractivity contribution >= 4 is 17.3 Å². The number of nitrogens with one attached hydrogen (secondary N) is 2. The number of anilines is 2. The van der Waals surface area contributed by atoms with Crippen LogP contribution >= 0.6 is 0 Å². The van der Waals surface area contributed by atoms with Crippen LogP contribution in [-0.4, -0.2) is 31.6 Å². The average molecular weight is 315 g/mol. The van der Waals surface area contributed by atoms with Crippen molar-refractivity contribution in [3.63, 3.8) is 0 Å². The Kier molecular flexibility index (Phi) is 5.78. The number of hydrogen-bond donors (Lipinski definition) is 2. The van der Waals surface area contributed by atoms with Crippen molar-refractivity contribution in [2.75, 3.05) is 29.9 Å². The molecule has 0 spiro atoms. The third-order valence-electron chi connectivity index (χ3n) is 5.01. The number of nitrogens with zero attached hydrogens (tertiary/aromatic N) is 1. The Morgan fingerprint density at radius 3 is 2.26 bits per heavy atom. The van der Waals surface area contributed by atoms with Gasteiger partial charge in [-0.25, -0.2) is 0 Å². The van der Waals surface area contributed by atoms with E-state index in [-0.39, 0.29) is 5.91 Å². The maximum Gasteiger partial charge on any atom is 0.239 e. The lowest BCUT2D eigenvalue weighted by molar-refractivity contribution is -0.120. The van der Waals surface area contributed by atoms with Crippen LogP contribution in [0.5, 0.6) is 0 Å². The largest absolute Gasteiger partial charge is 0.376 e. The Morgan fingerprint density at radius 2 is 1.61 bits per heavy atom. The maximum atomic E-state index is 12.1. The van der Waals surface area contributed by atoms with Gasteiger partial charge in [0, 0.05) is 30.5 Å². The molecular formula is C19H29N3O. The van der Waals surface area contributed by atoms with Crippen molar-refractivity contribution in [3.05, 3.63) is 24.3 Å². The second-order valence-corrected chi connectivity index (χ2v) is 6.85. The molecule has 2 aliphatic rings. The highest BCUT2D eigenvalue weighted by atomic mass is 16.1. The highest BCUT2D eigenvalue weighted by molar-refractivity contribution is 5.81. The molecule has 126 valence electrons. The van der Waals surface area contributed by atoms with E-state index in [9.17, 15) is 4.79 Å². The molecule has 4 nitrogen and oxygen atoms in total. The lowest BCUT2D eigenvalue weighted by atomic mass is 10.1. The highest BCUT2D eigenvalue weighted by Gasteiger charge is 2.15. The van der Waals surface area contributed by atoms with Gasteiger partial charge in [0.05, 0.1) is 6.54 Å². The number of benzene rings is 1. The maximum absolute atomic E-state index is 12.1.